The highest BCUT2D eigenvalue weighted by atomic mass is 35.5. The number of alkyl halides is 2. The first kappa shape index (κ1) is 8.98. The lowest BCUT2D eigenvalue weighted by atomic mass is 10.3. The largest absolute Gasteiger partial charge is 0.310 e. The maximum atomic E-state index is 5.55. The molecule has 0 aromatic rings. The molecule has 0 aliphatic carbocycles. The maximum Gasteiger partial charge on any atom is 0.120 e. The minimum Gasteiger partial charge on any atom is -0.310 e. The molecule has 1 unspecified atom stereocenters. The zero-order valence-corrected chi connectivity index (χ0v) is 7.98. The van der Waals surface area contributed by atoms with Crippen molar-refractivity contribution in [1.82, 2.24) is 5.32 Å². The Bertz CT molecular complexity index is 93.7. The highest BCUT2D eigenvalue weighted by molar-refractivity contribution is 7.99. The van der Waals surface area contributed by atoms with Gasteiger partial charge in [-0.05, 0) is 12.2 Å². The molecule has 1 nitrogen and oxygen atoms in total. The van der Waals surface area contributed by atoms with Crippen molar-refractivity contribution in [2.45, 2.75) is 17.3 Å². The monoisotopic (exact) mass is 199 g/mol. The fourth-order valence-electron chi connectivity index (χ4n) is 0.951. The van der Waals surface area contributed by atoms with E-state index in [1.165, 1.54) is 17.9 Å². The van der Waals surface area contributed by atoms with E-state index in [1.807, 2.05) is 11.8 Å². The summed E-state index contributed by atoms with van der Waals surface area (Å²) in [4.78, 5) is -0.259. The summed E-state index contributed by atoms with van der Waals surface area (Å²) >= 11 is 13.1. The van der Waals surface area contributed by atoms with E-state index < -0.39 is 0 Å². The lowest BCUT2D eigenvalue weighted by Gasteiger charge is -2.10. The Balaban J connectivity index is 2.01. The average molecular weight is 200 g/mol. The molecule has 4 heteroatoms. The Labute approximate surface area is 75.8 Å². The molecular weight excluding hydrogens is 189 g/mol. The van der Waals surface area contributed by atoms with Gasteiger partial charge in [0.25, 0.3) is 0 Å². The number of hydrogen-bond donors (Lipinski definition) is 1. The van der Waals surface area contributed by atoms with Crippen LogP contribution in [0.3, 0.4) is 0 Å². The van der Waals surface area contributed by atoms with Crippen LogP contribution in [0.2, 0.25) is 0 Å². The first-order valence-electron chi connectivity index (χ1n) is 3.38. The highest BCUT2D eigenvalue weighted by Gasteiger charge is 2.14. The summed E-state index contributed by atoms with van der Waals surface area (Å²) in [5, 5.41) is 3.30. The van der Waals surface area contributed by atoms with Gasteiger partial charge < -0.3 is 5.32 Å². The molecule has 0 radical (unpaired) electrons. The smallest absolute Gasteiger partial charge is 0.120 e. The van der Waals surface area contributed by atoms with Crippen molar-refractivity contribution in [3.63, 3.8) is 0 Å². The fourth-order valence-corrected chi connectivity index (χ4v) is 2.32. The maximum absolute atomic E-state index is 5.55. The Morgan fingerprint density at radius 3 is 2.90 bits per heavy atom. The van der Waals surface area contributed by atoms with Crippen LogP contribution in [0, 0.1) is 0 Å². The van der Waals surface area contributed by atoms with Crippen LogP contribution in [-0.4, -0.2) is 28.9 Å². The summed E-state index contributed by atoms with van der Waals surface area (Å²) in [5.74, 6) is 2.48. The van der Waals surface area contributed by atoms with Gasteiger partial charge in [0.2, 0.25) is 0 Å². The molecule has 0 aromatic heterocycles. The van der Waals surface area contributed by atoms with Crippen molar-refractivity contribution in [2.24, 2.45) is 0 Å². The Morgan fingerprint density at radius 1 is 1.60 bits per heavy atom. The zero-order valence-electron chi connectivity index (χ0n) is 5.65. The van der Waals surface area contributed by atoms with Gasteiger partial charge in [-0.2, -0.15) is 11.8 Å². The van der Waals surface area contributed by atoms with E-state index in [0.717, 1.165) is 0 Å². The van der Waals surface area contributed by atoms with Crippen LogP contribution in [0.15, 0.2) is 0 Å². The molecule has 10 heavy (non-hydrogen) atoms. The minimum absolute atomic E-state index is 0.259. The van der Waals surface area contributed by atoms with Crippen LogP contribution in [0.1, 0.15) is 6.42 Å². The van der Waals surface area contributed by atoms with Gasteiger partial charge in [-0.3, -0.25) is 0 Å². The van der Waals surface area contributed by atoms with Gasteiger partial charge in [0.05, 0.1) is 0 Å². The topological polar surface area (TPSA) is 12.0 Å². The van der Waals surface area contributed by atoms with Crippen LogP contribution >= 0.6 is 35.0 Å². The molecule has 0 bridgehead atoms. The lowest BCUT2D eigenvalue weighted by molar-refractivity contribution is 0.573. The molecule has 1 saturated heterocycles. The first-order valence-corrected chi connectivity index (χ1v) is 5.41. The minimum atomic E-state index is -0.259. The predicted octanol–water partition coefficient (Wildman–Crippen LogP) is 1.89. The van der Waals surface area contributed by atoms with Gasteiger partial charge in [-0.25, -0.2) is 0 Å². The lowest BCUT2D eigenvalue weighted by Crippen LogP contribution is -2.32. The normalized spacial score (nSPS) is 26.1. The molecule has 1 aliphatic heterocycles. The molecule has 1 aliphatic rings. The van der Waals surface area contributed by atoms with E-state index in [1.54, 1.807) is 0 Å². The highest BCUT2D eigenvalue weighted by Crippen LogP contribution is 2.17. The first-order chi connectivity index (χ1) is 4.79. The molecular formula is C6H11Cl2NS. The third-order valence-electron chi connectivity index (χ3n) is 1.49. The third-order valence-corrected chi connectivity index (χ3v) is 2.96. The molecule has 0 aromatic carbocycles. The van der Waals surface area contributed by atoms with Crippen molar-refractivity contribution < 1.29 is 0 Å². The van der Waals surface area contributed by atoms with Gasteiger partial charge in [0.1, 0.15) is 4.84 Å². The van der Waals surface area contributed by atoms with Crippen molar-refractivity contribution in [2.75, 3.05) is 18.1 Å². The second-order valence-electron chi connectivity index (χ2n) is 2.36. The number of thioether (sulfide) groups is 1. The van der Waals surface area contributed by atoms with Crippen molar-refractivity contribution in [3.8, 4) is 0 Å². The summed E-state index contributed by atoms with van der Waals surface area (Å²) in [5.41, 5.74) is 0. The standard InChI is InChI=1S/C6H11Cl2NS/c7-6(8)3-9-5-1-2-10-4-5/h5-6,9H,1-4H2. The van der Waals surface area contributed by atoms with Crippen LogP contribution in [0.4, 0.5) is 0 Å². The summed E-state index contributed by atoms with van der Waals surface area (Å²) in [6.45, 7) is 0.717. The quantitative estimate of drug-likeness (QED) is 0.698. The van der Waals surface area contributed by atoms with Crippen molar-refractivity contribution >= 4 is 35.0 Å². The number of hydrogen-bond acceptors (Lipinski definition) is 2. The molecule has 1 atom stereocenters. The number of nitrogens with one attached hydrogen (secondary N) is 1. The molecule has 1 rings (SSSR count). The van der Waals surface area contributed by atoms with Crippen LogP contribution in [0.25, 0.3) is 0 Å². The van der Waals surface area contributed by atoms with E-state index in [4.69, 9.17) is 23.2 Å². The second kappa shape index (κ2) is 4.70. The summed E-state index contributed by atoms with van der Waals surface area (Å²) in [6.07, 6.45) is 1.26. The molecule has 1 fully saturated rings. The third kappa shape index (κ3) is 3.33. The van der Waals surface area contributed by atoms with Crippen LogP contribution < -0.4 is 5.32 Å². The number of halogens is 2. The van der Waals surface area contributed by atoms with E-state index >= 15 is 0 Å². The molecule has 0 amide bonds. The van der Waals surface area contributed by atoms with Gasteiger partial charge in [0.15, 0.2) is 0 Å². The van der Waals surface area contributed by atoms with E-state index in [2.05, 4.69) is 5.32 Å². The van der Waals surface area contributed by atoms with Crippen LogP contribution in [0.5, 0.6) is 0 Å². The molecule has 0 saturated carbocycles. The average Bonchev–Trinajstić information content (AvgIpc) is 2.34. The van der Waals surface area contributed by atoms with Crippen LogP contribution in [-0.2, 0) is 0 Å². The molecule has 60 valence electrons. The van der Waals surface area contributed by atoms with Crippen molar-refractivity contribution in [1.29, 1.82) is 0 Å². The molecule has 1 heterocycles. The summed E-state index contributed by atoms with van der Waals surface area (Å²) < 4.78 is 0. The summed E-state index contributed by atoms with van der Waals surface area (Å²) in [7, 11) is 0. The zero-order chi connectivity index (χ0) is 7.40. The SMILES string of the molecule is ClC(Cl)CNC1CCSC1. The Morgan fingerprint density at radius 2 is 2.40 bits per heavy atom. The van der Waals surface area contributed by atoms with E-state index in [0.29, 0.717) is 12.6 Å². The van der Waals surface area contributed by atoms with Gasteiger partial charge in [0, 0.05) is 18.3 Å². The Kier molecular flexibility index (Phi) is 4.23. The summed E-state index contributed by atoms with van der Waals surface area (Å²) in [6, 6.07) is 0.644. The van der Waals surface area contributed by atoms with E-state index in [9.17, 15) is 0 Å². The Hall–Kier alpha value is 0.890. The van der Waals surface area contributed by atoms with Gasteiger partial charge in [-0.1, -0.05) is 0 Å². The molecule has 0 spiro atoms. The fraction of sp³-hybridized carbons (Fsp3) is 1.00. The van der Waals surface area contributed by atoms with Gasteiger partial charge >= 0.3 is 0 Å². The van der Waals surface area contributed by atoms with Crippen molar-refractivity contribution in [3.05, 3.63) is 0 Å². The second-order valence-corrected chi connectivity index (χ2v) is 4.79. The molecule has 1 N–H and O–H groups in total. The van der Waals surface area contributed by atoms with Gasteiger partial charge in [-0.15, -0.1) is 23.2 Å². The number of rotatable bonds is 3. The van der Waals surface area contributed by atoms with E-state index in [-0.39, 0.29) is 4.84 Å². The predicted molar refractivity (Wildman–Crippen MR) is 49.2 cm³/mol.